The van der Waals surface area contributed by atoms with Gasteiger partial charge < -0.3 is 15.3 Å². The van der Waals surface area contributed by atoms with E-state index in [1.54, 1.807) is 0 Å². The Kier molecular flexibility index (Phi) is 1.35. The summed E-state index contributed by atoms with van der Waals surface area (Å²) in [4.78, 5) is 5.05. The molecule has 2 aliphatic rings. The van der Waals surface area contributed by atoms with Crippen LogP contribution in [-0.4, -0.2) is 36.6 Å². The number of hydrogen-bond donors (Lipinski definition) is 2. The summed E-state index contributed by atoms with van der Waals surface area (Å²) >= 11 is 0. The molecule has 0 saturated carbocycles. The summed E-state index contributed by atoms with van der Waals surface area (Å²) in [5, 5.41) is 15.7. The highest BCUT2D eigenvalue weighted by atomic mass is 16.6. The lowest BCUT2D eigenvalue weighted by Gasteiger charge is -2.04. The van der Waals surface area contributed by atoms with E-state index in [4.69, 9.17) is 9.94 Å². The predicted octanol–water partition coefficient (Wildman–Crippen LogP) is -1.05. The van der Waals surface area contributed by atoms with Gasteiger partial charge in [0.15, 0.2) is 0 Å². The van der Waals surface area contributed by atoms with Gasteiger partial charge in [0, 0.05) is 13.1 Å². The van der Waals surface area contributed by atoms with Gasteiger partial charge in [-0.2, -0.15) is 0 Å². The summed E-state index contributed by atoms with van der Waals surface area (Å²) in [6.07, 6.45) is 0.183. The van der Waals surface area contributed by atoms with Crippen LogP contribution in [0.2, 0.25) is 0 Å². The maximum Gasteiger partial charge on any atom is 0.149 e. The Balaban J connectivity index is 2.10. The van der Waals surface area contributed by atoms with E-state index in [0.29, 0.717) is 5.92 Å². The molecule has 2 unspecified atom stereocenters. The van der Waals surface area contributed by atoms with E-state index in [1.165, 1.54) is 0 Å². The molecule has 0 bridgehead atoms. The third kappa shape index (κ3) is 0.726. The Labute approximate surface area is 58.9 Å². The number of nitrogens with one attached hydrogen (secondary N) is 1. The third-order valence-electron chi connectivity index (χ3n) is 2.05. The molecule has 0 aromatic carbocycles. The van der Waals surface area contributed by atoms with Crippen LogP contribution in [0.3, 0.4) is 0 Å². The Morgan fingerprint density at radius 3 is 3.40 bits per heavy atom. The number of aliphatic hydroxyl groups excluding tert-OH is 1. The van der Waals surface area contributed by atoms with Gasteiger partial charge in [0.05, 0.1) is 18.2 Å². The molecule has 56 valence electrons. The van der Waals surface area contributed by atoms with Gasteiger partial charge in [-0.1, -0.05) is 5.16 Å². The molecule has 1 fully saturated rings. The van der Waals surface area contributed by atoms with E-state index in [2.05, 4.69) is 10.5 Å². The second-order valence-electron chi connectivity index (χ2n) is 2.65. The fourth-order valence-corrected chi connectivity index (χ4v) is 1.45. The molecule has 0 aromatic heterocycles. The molecule has 2 rings (SSSR count). The molecule has 4 heteroatoms. The van der Waals surface area contributed by atoms with Crippen molar-refractivity contribution >= 4 is 5.71 Å². The van der Waals surface area contributed by atoms with Gasteiger partial charge >= 0.3 is 0 Å². The molecule has 10 heavy (non-hydrogen) atoms. The van der Waals surface area contributed by atoms with Crippen LogP contribution in [0.15, 0.2) is 5.16 Å². The van der Waals surface area contributed by atoms with Crippen LogP contribution >= 0.6 is 0 Å². The summed E-state index contributed by atoms with van der Waals surface area (Å²) < 4.78 is 0. The van der Waals surface area contributed by atoms with Crippen molar-refractivity contribution in [2.75, 3.05) is 19.7 Å². The summed E-state index contributed by atoms with van der Waals surface area (Å²) in [5.74, 6) is 0.324. The lowest BCUT2D eigenvalue weighted by molar-refractivity contribution is 0.0841. The first kappa shape index (κ1) is 6.12. The van der Waals surface area contributed by atoms with E-state index in [1.807, 2.05) is 0 Å². The lowest BCUT2D eigenvalue weighted by Crippen LogP contribution is -2.23. The maximum absolute atomic E-state index is 8.77. The standard InChI is InChI=1S/C6H10N2O2/c9-3-5-4-1-7-2-6(4)10-8-5/h4,6-7,9H,1-3H2. The molecule has 2 heterocycles. The molecule has 2 aliphatic heterocycles. The zero-order chi connectivity index (χ0) is 6.97. The van der Waals surface area contributed by atoms with Crippen LogP contribution in [0, 0.1) is 5.92 Å². The van der Waals surface area contributed by atoms with Crippen LogP contribution < -0.4 is 5.32 Å². The van der Waals surface area contributed by atoms with Crippen LogP contribution in [0.4, 0.5) is 0 Å². The SMILES string of the molecule is OCC1=NOC2CNCC12. The maximum atomic E-state index is 8.77. The van der Waals surface area contributed by atoms with E-state index in [9.17, 15) is 0 Å². The van der Waals surface area contributed by atoms with Crippen molar-refractivity contribution in [2.24, 2.45) is 11.1 Å². The van der Waals surface area contributed by atoms with E-state index in [0.717, 1.165) is 18.8 Å². The fourth-order valence-electron chi connectivity index (χ4n) is 1.45. The zero-order valence-electron chi connectivity index (χ0n) is 5.58. The van der Waals surface area contributed by atoms with Gasteiger partial charge in [-0.05, 0) is 0 Å². The average molecular weight is 142 g/mol. The highest BCUT2D eigenvalue weighted by Gasteiger charge is 2.37. The van der Waals surface area contributed by atoms with Crippen molar-refractivity contribution in [1.29, 1.82) is 0 Å². The molecule has 0 aliphatic carbocycles. The van der Waals surface area contributed by atoms with E-state index in [-0.39, 0.29) is 12.7 Å². The molecule has 2 N–H and O–H groups in total. The first-order valence-electron chi connectivity index (χ1n) is 3.46. The van der Waals surface area contributed by atoms with Crippen molar-refractivity contribution < 1.29 is 9.94 Å². The zero-order valence-corrected chi connectivity index (χ0v) is 5.58. The Morgan fingerprint density at radius 1 is 1.70 bits per heavy atom. The second-order valence-corrected chi connectivity index (χ2v) is 2.65. The van der Waals surface area contributed by atoms with Gasteiger partial charge in [0.2, 0.25) is 0 Å². The minimum absolute atomic E-state index is 0.0306. The molecule has 0 amide bonds. The topological polar surface area (TPSA) is 53.9 Å². The molecule has 0 spiro atoms. The Bertz CT molecular complexity index is 169. The van der Waals surface area contributed by atoms with Crippen molar-refractivity contribution in [3.63, 3.8) is 0 Å². The number of hydrogen-bond acceptors (Lipinski definition) is 4. The third-order valence-corrected chi connectivity index (χ3v) is 2.05. The van der Waals surface area contributed by atoms with Crippen LogP contribution in [-0.2, 0) is 4.84 Å². The fraction of sp³-hybridized carbons (Fsp3) is 0.833. The van der Waals surface area contributed by atoms with Crippen LogP contribution in [0.5, 0.6) is 0 Å². The average Bonchev–Trinajstić information content (AvgIpc) is 2.44. The highest BCUT2D eigenvalue weighted by Crippen LogP contribution is 2.20. The molecular weight excluding hydrogens is 132 g/mol. The summed E-state index contributed by atoms with van der Waals surface area (Å²) in [7, 11) is 0. The largest absolute Gasteiger partial charge is 0.390 e. The number of oxime groups is 1. The molecular formula is C6H10N2O2. The summed E-state index contributed by atoms with van der Waals surface area (Å²) in [6, 6.07) is 0. The Hall–Kier alpha value is -0.610. The summed E-state index contributed by atoms with van der Waals surface area (Å²) in [5.41, 5.74) is 0.787. The van der Waals surface area contributed by atoms with Gasteiger partial charge in [-0.15, -0.1) is 0 Å². The number of fused-ring (bicyclic) bond motifs is 1. The minimum atomic E-state index is 0.0306. The molecule has 0 radical (unpaired) electrons. The van der Waals surface area contributed by atoms with Gasteiger partial charge in [-0.3, -0.25) is 0 Å². The van der Waals surface area contributed by atoms with Crippen LogP contribution in [0.25, 0.3) is 0 Å². The van der Waals surface area contributed by atoms with Crippen molar-refractivity contribution in [3.05, 3.63) is 0 Å². The smallest absolute Gasteiger partial charge is 0.149 e. The van der Waals surface area contributed by atoms with Crippen LogP contribution in [0.1, 0.15) is 0 Å². The van der Waals surface area contributed by atoms with Gasteiger partial charge in [-0.25, -0.2) is 0 Å². The predicted molar refractivity (Wildman–Crippen MR) is 35.8 cm³/mol. The first-order valence-corrected chi connectivity index (χ1v) is 3.46. The molecule has 0 aromatic rings. The Morgan fingerprint density at radius 2 is 2.60 bits per heavy atom. The van der Waals surface area contributed by atoms with E-state index < -0.39 is 0 Å². The minimum Gasteiger partial charge on any atom is -0.390 e. The van der Waals surface area contributed by atoms with Crippen molar-refractivity contribution in [3.8, 4) is 0 Å². The monoisotopic (exact) mass is 142 g/mol. The van der Waals surface area contributed by atoms with Crippen molar-refractivity contribution in [2.45, 2.75) is 6.10 Å². The van der Waals surface area contributed by atoms with Gasteiger partial charge in [0.25, 0.3) is 0 Å². The molecule has 1 saturated heterocycles. The van der Waals surface area contributed by atoms with Crippen molar-refractivity contribution in [1.82, 2.24) is 5.32 Å². The summed E-state index contributed by atoms with van der Waals surface area (Å²) in [6.45, 7) is 1.78. The van der Waals surface area contributed by atoms with Gasteiger partial charge in [0.1, 0.15) is 6.10 Å². The lowest BCUT2D eigenvalue weighted by atomic mass is 10.0. The number of rotatable bonds is 1. The first-order chi connectivity index (χ1) is 4.92. The number of nitrogens with zero attached hydrogens (tertiary/aromatic N) is 1. The second kappa shape index (κ2) is 2.21. The molecule has 4 nitrogen and oxygen atoms in total. The number of aliphatic hydroxyl groups is 1. The normalized spacial score (nSPS) is 37.1. The highest BCUT2D eigenvalue weighted by molar-refractivity contribution is 5.89. The molecule has 2 atom stereocenters. The van der Waals surface area contributed by atoms with E-state index >= 15 is 0 Å². The quantitative estimate of drug-likeness (QED) is 0.491.